The number of H-pyrrole nitrogens is 1. The van der Waals surface area contributed by atoms with E-state index in [2.05, 4.69) is 48.3 Å². The molecule has 0 radical (unpaired) electrons. The minimum atomic E-state index is -0.408. The molecule has 0 aliphatic carbocycles. The van der Waals surface area contributed by atoms with Crippen molar-refractivity contribution >= 4 is 22.6 Å². The lowest BCUT2D eigenvalue weighted by molar-refractivity contribution is -0.0765. The van der Waals surface area contributed by atoms with Gasteiger partial charge in [-0.05, 0) is 19.8 Å². The molecular weight excluding hydrogens is 359 g/mol. The summed E-state index contributed by atoms with van der Waals surface area (Å²) in [5.74, 6) is 0.391. The predicted molar refractivity (Wildman–Crippen MR) is 81.7 cm³/mol. The molecule has 0 amide bonds. The molecule has 2 heterocycles. The van der Waals surface area contributed by atoms with Crippen LogP contribution in [0.5, 0.6) is 0 Å². The molecule has 106 valence electrons. The molecule has 1 aromatic heterocycles. The van der Waals surface area contributed by atoms with Crippen LogP contribution >= 0.6 is 22.6 Å². The lowest BCUT2D eigenvalue weighted by Crippen LogP contribution is -2.34. The smallest absolute Gasteiger partial charge is 0.330 e. The van der Waals surface area contributed by atoms with Crippen LogP contribution in [0.1, 0.15) is 39.8 Å². The predicted octanol–water partition coefficient (Wildman–Crippen LogP) is 2.06. The van der Waals surface area contributed by atoms with Gasteiger partial charge in [-0.3, -0.25) is 14.3 Å². The Morgan fingerprint density at radius 1 is 1.47 bits per heavy atom. The molecule has 1 fully saturated rings. The number of aromatic nitrogens is 2. The fourth-order valence-corrected chi connectivity index (χ4v) is 4.57. The number of ether oxygens (including phenoxy) is 1. The van der Waals surface area contributed by atoms with E-state index in [-0.39, 0.29) is 21.3 Å². The average Bonchev–Trinajstić information content (AvgIpc) is 2.62. The van der Waals surface area contributed by atoms with E-state index in [9.17, 15) is 9.59 Å². The number of hydrogen-bond donors (Lipinski definition) is 1. The zero-order chi connectivity index (χ0) is 14.2. The van der Waals surface area contributed by atoms with E-state index < -0.39 is 5.69 Å². The first-order chi connectivity index (χ1) is 8.92. The molecule has 1 saturated heterocycles. The van der Waals surface area contributed by atoms with Crippen molar-refractivity contribution in [2.45, 2.75) is 49.4 Å². The minimum absolute atomic E-state index is 0.205. The van der Waals surface area contributed by atoms with Crippen molar-refractivity contribution in [2.75, 3.05) is 0 Å². The van der Waals surface area contributed by atoms with Crippen LogP contribution in [0, 0.1) is 5.92 Å². The van der Waals surface area contributed by atoms with Gasteiger partial charge in [0, 0.05) is 18.2 Å². The molecule has 19 heavy (non-hydrogen) atoms. The van der Waals surface area contributed by atoms with Crippen LogP contribution in [-0.4, -0.2) is 19.1 Å². The molecule has 1 aromatic rings. The first-order valence-electron chi connectivity index (χ1n) is 6.56. The third-order valence-corrected chi connectivity index (χ3v) is 5.58. The molecule has 1 N–H and O–H groups in total. The largest absolute Gasteiger partial charge is 0.350 e. The van der Waals surface area contributed by atoms with Gasteiger partial charge in [-0.2, -0.15) is 0 Å². The van der Waals surface area contributed by atoms with E-state index >= 15 is 0 Å². The topological polar surface area (TPSA) is 64.1 Å². The van der Waals surface area contributed by atoms with Gasteiger partial charge < -0.3 is 4.74 Å². The summed E-state index contributed by atoms with van der Waals surface area (Å²) < 4.78 is 7.85. The summed E-state index contributed by atoms with van der Waals surface area (Å²) in [4.78, 5) is 25.3. The monoisotopic (exact) mass is 378 g/mol. The minimum Gasteiger partial charge on any atom is -0.350 e. The van der Waals surface area contributed by atoms with Crippen LogP contribution < -0.4 is 11.2 Å². The van der Waals surface area contributed by atoms with E-state index in [1.54, 1.807) is 0 Å². The van der Waals surface area contributed by atoms with Crippen molar-refractivity contribution in [1.82, 2.24) is 9.55 Å². The van der Waals surface area contributed by atoms with Crippen molar-refractivity contribution < 1.29 is 4.74 Å². The highest BCUT2D eigenvalue weighted by atomic mass is 127. The summed E-state index contributed by atoms with van der Waals surface area (Å²) in [5.41, 5.74) is -1.01. The van der Waals surface area contributed by atoms with Crippen LogP contribution in [0.15, 0.2) is 21.9 Å². The van der Waals surface area contributed by atoms with E-state index in [1.807, 2.05) is 0 Å². The van der Waals surface area contributed by atoms with Gasteiger partial charge in [-0.1, -0.05) is 36.4 Å². The van der Waals surface area contributed by atoms with E-state index in [1.165, 1.54) is 16.8 Å². The van der Waals surface area contributed by atoms with Crippen LogP contribution in [0.2, 0.25) is 0 Å². The van der Waals surface area contributed by atoms with E-state index in [0.717, 1.165) is 12.8 Å². The number of aromatic amines is 1. The third-order valence-electron chi connectivity index (χ3n) is 4.10. The highest BCUT2D eigenvalue weighted by Crippen LogP contribution is 2.48. The maximum atomic E-state index is 11.9. The highest BCUT2D eigenvalue weighted by molar-refractivity contribution is 14.1. The second-order valence-electron chi connectivity index (χ2n) is 5.15. The summed E-state index contributed by atoms with van der Waals surface area (Å²) in [7, 11) is 0. The summed E-state index contributed by atoms with van der Waals surface area (Å²) in [5, 5.41) is 0. The Kier molecular flexibility index (Phi) is 4.20. The Morgan fingerprint density at radius 2 is 2.16 bits per heavy atom. The molecular formula is C13H19IN2O3. The quantitative estimate of drug-likeness (QED) is 0.647. The molecule has 5 nitrogen and oxygen atoms in total. The number of alkyl halides is 1. The van der Waals surface area contributed by atoms with Gasteiger partial charge in [0.05, 0.1) is 9.53 Å². The van der Waals surface area contributed by atoms with Crippen molar-refractivity contribution in [3.63, 3.8) is 0 Å². The summed E-state index contributed by atoms with van der Waals surface area (Å²) in [6, 6.07) is 1.36. The third kappa shape index (κ3) is 2.52. The second-order valence-corrected chi connectivity index (χ2v) is 6.59. The molecule has 0 aromatic carbocycles. The lowest BCUT2D eigenvalue weighted by Gasteiger charge is -2.29. The summed E-state index contributed by atoms with van der Waals surface area (Å²) in [6.45, 7) is 6.35. The van der Waals surface area contributed by atoms with Gasteiger partial charge in [-0.25, -0.2) is 4.79 Å². The van der Waals surface area contributed by atoms with Gasteiger partial charge >= 0.3 is 5.69 Å². The fraction of sp³-hybridized carbons (Fsp3) is 0.692. The SMILES string of the molecule is CCC1C(I)C(n2ccc(=O)[nH]c2=O)OC1(C)CC. The Bertz CT molecular complexity index is 567. The van der Waals surface area contributed by atoms with Crippen molar-refractivity contribution in [2.24, 2.45) is 5.92 Å². The molecule has 2 rings (SSSR count). The zero-order valence-electron chi connectivity index (χ0n) is 11.4. The van der Waals surface area contributed by atoms with Gasteiger partial charge in [-0.15, -0.1) is 0 Å². The second kappa shape index (κ2) is 5.40. The average molecular weight is 378 g/mol. The van der Waals surface area contributed by atoms with Gasteiger partial charge in [0.25, 0.3) is 5.56 Å². The number of nitrogens with one attached hydrogen (secondary N) is 1. The first-order valence-corrected chi connectivity index (χ1v) is 7.81. The first kappa shape index (κ1) is 14.8. The molecule has 4 atom stereocenters. The van der Waals surface area contributed by atoms with E-state index in [4.69, 9.17) is 4.74 Å². The molecule has 1 aliphatic rings. The van der Waals surface area contributed by atoms with Gasteiger partial charge in [0.15, 0.2) is 6.23 Å². The van der Waals surface area contributed by atoms with Crippen LogP contribution in [0.25, 0.3) is 0 Å². The van der Waals surface area contributed by atoms with Crippen LogP contribution in [0.3, 0.4) is 0 Å². The Hall–Kier alpha value is -0.630. The van der Waals surface area contributed by atoms with Crippen LogP contribution in [-0.2, 0) is 4.74 Å². The maximum absolute atomic E-state index is 11.9. The fourth-order valence-electron chi connectivity index (χ4n) is 2.80. The molecule has 6 heteroatoms. The highest BCUT2D eigenvalue weighted by Gasteiger charge is 2.49. The van der Waals surface area contributed by atoms with Crippen molar-refractivity contribution in [3.05, 3.63) is 33.1 Å². The molecule has 1 aliphatic heterocycles. The molecule has 4 unspecified atom stereocenters. The Balaban J connectivity index is 2.42. The number of halogens is 1. The van der Waals surface area contributed by atoms with Gasteiger partial charge in [0.1, 0.15) is 0 Å². The maximum Gasteiger partial charge on any atom is 0.330 e. The zero-order valence-corrected chi connectivity index (χ0v) is 13.5. The lowest BCUT2D eigenvalue weighted by atomic mass is 9.85. The Morgan fingerprint density at radius 3 is 2.63 bits per heavy atom. The van der Waals surface area contributed by atoms with E-state index in [0.29, 0.717) is 5.92 Å². The van der Waals surface area contributed by atoms with Crippen LogP contribution in [0.4, 0.5) is 0 Å². The number of hydrogen-bond acceptors (Lipinski definition) is 3. The van der Waals surface area contributed by atoms with Crippen molar-refractivity contribution in [1.29, 1.82) is 0 Å². The summed E-state index contributed by atoms with van der Waals surface area (Å²) in [6.07, 6.45) is 3.11. The number of nitrogens with zero attached hydrogens (tertiary/aromatic N) is 1. The molecule has 0 spiro atoms. The number of rotatable bonds is 3. The Labute approximate surface area is 125 Å². The molecule has 0 bridgehead atoms. The molecule has 0 saturated carbocycles. The van der Waals surface area contributed by atoms with Crippen molar-refractivity contribution in [3.8, 4) is 0 Å². The van der Waals surface area contributed by atoms with Gasteiger partial charge in [0.2, 0.25) is 0 Å². The summed E-state index contributed by atoms with van der Waals surface area (Å²) >= 11 is 2.36. The standard InChI is InChI=1S/C13H19IN2O3/c1-4-8-10(14)11(19-13(8,3)5-2)16-7-6-9(17)15-12(16)18/h6-8,10-11H,4-5H2,1-3H3,(H,15,17,18). The normalized spacial score (nSPS) is 34.6.